The number of hydrogen-bond donors (Lipinski definition) is 1. The van der Waals surface area contributed by atoms with Gasteiger partial charge in [0.05, 0.1) is 6.10 Å². The van der Waals surface area contributed by atoms with E-state index in [2.05, 4.69) is 0 Å². The van der Waals surface area contributed by atoms with Gasteiger partial charge in [-0.2, -0.15) is 0 Å². The molecular weight excluding hydrogens is 284 g/mol. The maximum atomic E-state index is 12.3. The third-order valence-electron chi connectivity index (χ3n) is 2.65. The van der Waals surface area contributed by atoms with Crippen molar-refractivity contribution in [2.75, 3.05) is 0 Å². The maximum Gasteiger partial charge on any atom is 0.342 e. The number of hydrogen-bond acceptors (Lipinski definition) is 4. The molecule has 0 amide bonds. The van der Waals surface area contributed by atoms with E-state index in [1.807, 2.05) is 13.8 Å². The molecule has 0 aliphatic heterocycles. The fourth-order valence-corrected chi connectivity index (χ4v) is 1.83. The number of esters is 1. The van der Waals surface area contributed by atoms with Crippen LogP contribution in [0.2, 0.25) is 0 Å². The van der Waals surface area contributed by atoms with Gasteiger partial charge in [-0.05, 0) is 58.7 Å². The first-order chi connectivity index (χ1) is 10.1. The Labute approximate surface area is 131 Å². The number of carbonyl (C=O) groups is 2. The summed E-state index contributed by atoms with van der Waals surface area (Å²) in [7, 11) is 0. The van der Waals surface area contributed by atoms with E-state index in [1.165, 1.54) is 0 Å². The van der Waals surface area contributed by atoms with E-state index in [0.717, 1.165) is 5.56 Å². The van der Waals surface area contributed by atoms with Gasteiger partial charge in [-0.25, -0.2) is 4.79 Å². The molecule has 0 radical (unpaired) electrons. The lowest BCUT2D eigenvalue weighted by atomic mass is 10.0. The first-order valence-electron chi connectivity index (χ1n) is 7.33. The van der Waals surface area contributed by atoms with Gasteiger partial charge >= 0.3 is 11.9 Å². The maximum absolute atomic E-state index is 12.3. The lowest BCUT2D eigenvalue weighted by Gasteiger charge is -2.21. The number of ether oxygens (including phenoxy) is 2. The lowest BCUT2D eigenvalue weighted by Crippen LogP contribution is -2.24. The normalized spacial score (nSPS) is 11.4. The smallest absolute Gasteiger partial charge is 0.342 e. The molecule has 0 unspecified atom stereocenters. The predicted molar refractivity (Wildman–Crippen MR) is 83.3 cm³/mol. The Balaban J connectivity index is 3.08. The molecule has 0 bridgehead atoms. The summed E-state index contributed by atoms with van der Waals surface area (Å²) in [6, 6.07) is 5.11. The zero-order chi connectivity index (χ0) is 16.9. The molecule has 0 heterocycles. The number of carboxylic acid groups (broad SMARTS) is 1. The topological polar surface area (TPSA) is 72.8 Å². The number of rotatable bonds is 6. The fourth-order valence-electron chi connectivity index (χ4n) is 1.83. The molecule has 0 atom stereocenters. The van der Waals surface area contributed by atoms with Crippen LogP contribution in [0.3, 0.4) is 0 Å². The van der Waals surface area contributed by atoms with Gasteiger partial charge in [-0.15, -0.1) is 0 Å². The van der Waals surface area contributed by atoms with Crippen molar-refractivity contribution in [2.24, 2.45) is 0 Å². The molecule has 0 aliphatic rings. The molecule has 0 aromatic heterocycles. The second kappa shape index (κ2) is 7.29. The predicted octanol–water partition coefficient (Wildman–Crippen LogP) is 3.45. The molecule has 5 heteroatoms. The molecule has 1 N–H and O–H groups in total. The molecule has 0 saturated heterocycles. The van der Waals surface area contributed by atoms with Crippen LogP contribution in [0.5, 0.6) is 5.75 Å². The molecule has 1 aromatic carbocycles. The minimum Gasteiger partial charge on any atom is -0.490 e. The molecular formula is C17H24O5. The third-order valence-corrected chi connectivity index (χ3v) is 2.65. The summed E-state index contributed by atoms with van der Waals surface area (Å²) in [4.78, 5) is 23.0. The van der Waals surface area contributed by atoms with E-state index < -0.39 is 17.5 Å². The van der Waals surface area contributed by atoms with Crippen molar-refractivity contribution in [1.29, 1.82) is 0 Å². The van der Waals surface area contributed by atoms with Gasteiger partial charge in [0.2, 0.25) is 0 Å². The summed E-state index contributed by atoms with van der Waals surface area (Å²) >= 11 is 0. The molecule has 1 aromatic rings. The second-order valence-corrected chi connectivity index (χ2v) is 6.39. The van der Waals surface area contributed by atoms with Crippen molar-refractivity contribution in [3.05, 3.63) is 29.3 Å². The Morgan fingerprint density at radius 3 is 2.36 bits per heavy atom. The van der Waals surface area contributed by atoms with Gasteiger partial charge in [0.1, 0.15) is 16.9 Å². The van der Waals surface area contributed by atoms with Crippen LogP contribution < -0.4 is 4.74 Å². The lowest BCUT2D eigenvalue weighted by molar-refractivity contribution is -0.136. The summed E-state index contributed by atoms with van der Waals surface area (Å²) in [6.45, 7) is 9.13. The van der Waals surface area contributed by atoms with E-state index in [0.29, 0.717) is 17.7 Å². The number of carbonyl (C=O) groups excluding carboxylic acids is 1. The molecule has 0 saturated carbocycles. The minimum atomic E-state index is -0.874. The van der Waals surface area contributed by atoms with Crippen molar-refractivity contribution in [2.45, 2.75) is 59.2 Å². The summed E-state index contributed by atoms with van der Waals surface area (Å²) in [6.07, 6.45) is 0.289. The molecule has 0 aliphatic carbocycles. The van der Waals surface area contributed by atoms with E-state index in [4.69, 9.17) is 14.6 Å². The van der Waals surface area contributed by atoms with Gasteiger partial charge in [0, 0.05) is 6.42 Å². The molecule has 0 fully saturated rings. The molecule has 122 valence electrons. The van der Waals surface area contributed by atoms with Gasteiger partial charge in [0.25, 0.3) is 0 Å². The summed E-state index contributed by atoms with van der Waals surface area (Å²) in [5, 5.41) is 8.76. The third kappa shape index (κ3) is 6.16. The molecule has 1 rings (SSSR count). The quantitative estimate of drug-likeness (QED) is 0.815. The highest BCUT2D eigenvalue weighted by Crippen LogP contribution is 2.25. The average molecular weight is 308 g/mol. The monoisotopic (exact) mass is 308 g/mol. The number of aliphatic carboxylic acids is 1. The summed E-state index contributed by atoms with van der Waals surface area (Å²) < 4.78 is 11.0. The minimum absolute atomic E-state index is 0.0120. The Hall–Kier alpha value is -2.04. The van der Waals surface area contributed by atoms with Crippen molar-refractivity contribution >= 4 is 11.9 Å². The van der Waals surface area contributed by atoms with Crippen molar-refractivity contribution in [3.8, 4) is 5.75 Å². The highest BCUT2D eigenvalue weighted by Gasteiger charge is 2.22. The first-order valence-corrected chi connectivity index (χ1v) is 7.33. The van der Waals surface area contributed by atoms with Crippen LogP contribution in [0.15, 0.2) is 18.2 Å². The van der Waals surface area contributed by atoms with Gasteiger partial charge in [-0.1, -0.05) is 6.07 Å². The van der Waals surface area contributed by atoms with Gasteiger partial charge < -0.3 is 14.6 Å². The number of aryl methyl sites for hydroxylation is 1. The highest BCUT2D eigenvalue weighted by molar-refractivity contribution is 5.93. The molecule has 0 spiro atoms. The Morgan fingerprint density at radius 2 is 1.86 bits per heavy atom. The van der Waals surface area contributed by atoms with Crippen molar-refractivity contribution in [3.63, 3.8) is 0 Å². The van der Waals surface area contributed by atoms with E-state index in [-0.39, 0.29) is 12.5 Å². The number of carboxylic acids is 1. The van der Waals surface area contributed by atoms with E-state index >= 15 is 0 Å². The molecule has 22 heavy (non-hydrogen) atoms. The Bertz CT molecular complexity index is 540. The van der Waals surface area contributed by atoms with Crippen molar-refractivity contribution in [1.82, 2.24) is 0 Å². The van der Waals surface area contributed by atoms with Crippen LogP contribution in [0.1, 0.15) is 57.0 Å². The SMILES string of the molecule is CC(C)Oc1ccc(CCC(=O)O)cc1C(=O)OC(C)(C)C. The van der Waals surface area contributed by atoms with Gasteiger partial charge in [-0.3, -0.25) is 4.79 Å². The van der Waals surface area contributed by atoms with Crippen LogP contribution in [-0.4, -0.2) is 28.8 Å². The van der Waals surface area contributed by atoms with Crippen molar-refractivity contribution < 1.29 is 24.2 Å². The summed E-state index contributed by atoms with van der Waals surface area (Å²) in [5.74, 6) is -0.898. The first kappa shape index (κ1) is 18.0. The largest absolute Gasteiger partial charge is 0.490 e. The Morgan fingerprint density at radius 1 is 1.23 bits per heavy atom. The van der Waals surface area contributed by atoms with Crippen LogP contribution in [0, 0.1) is 0 Å². The van der Waals surface area contributed by atoms with Crippen LogP contribution in [0.4, 0.5) is 0 Å². The standard InChI is InChI=1S/C17H24O5/c1-11(2)21-14-8-6-12(7-9-15(18)19)10-13(14)16(20)22-17(3,4)5/h6,8,10-11H,7,9H2,1-5H3,(H,18,19). The van der Waals surface area contributed by atoms with Crippen LogP contribution in [-0.2, 0) is 16.0 Å². The number of benzene rings is 1. The van der Waals surface area contributed by atoms with Crippen LogP contribution in [0.25, 0.3) is 0 Å². The highest BCUT2D eigenvalue weighted by atomic mass is 16.6. The fraction of sp³-hybridized carbons (Fsp3) is 0.529. The van der Waals surface area contributed by atoms with E-state index in [9.17, 15) is 9.59 Å². The van der Waals surface area contributed by atoms with Gasteiger partial charge in [0.15, 0.2) is 0 Å². The zero-order valence-electron chi connectivity index (χ0n) is 13.8. The Kier molecular flexibility index (Phi) is 5.97. The van der Waals surface area contributed by atoms with Crippen LogP contribution >= 0.6 is 0 Å². The second-order valence-electron chi connectivity index (χ2n) is 6.39. The molecule has 5 nitrogen and oxygen atoms in total. The summed E-state index contributed by atoms with van der Waals surface area (Å²) in [5.41, 5.74) is 0.481. The van der Waals surface area contributed by atoms with E-state index in [1.54, 1.807) is 39.0 Å². The zero-order valence-corrected chi connectivity index (χ0v) is 13.8. The average Bonchev–Trinajstić information content (AvgIpc) is 2.34.